The molecular formula is C9H12OS. The average molecular weight is 168 g/mol. The summed E-state index contributed by atoms with van der Waals surface area (Å²) in [6.07, 6.45) is 0. The molecule has 0 atom stereocenters. The lowest BCUT2D eigenvalue weighted by Gasteiger charge is -2.19. The van der Waals surface area contributed by atoms with Crippen LogP contribution in [0.2, 0.25) is 0 Å². The van der Waals surface area contributed by atoms with Crippen molar-refractivity contribution in [2.45, 2.75) is 18.6 Å². The molecule has 0 saturated heterocycles. The molecule has 1 nitrogen and oxygen atoms in total. The van der Waals surface area contributed by atoms with Gasteiger partial charge in [-0.1, -0.05) is 30.3 Å². The van der Waals surface area contributed by atoms with Crippen molar-refractivity contribution in [1.29, 1.82) is 0 Å². The van der Waals surface area contributed by atoms with E-state index in [-0.39, 0.29) is 4.75 Å². The molecule has 0 unspecified atom stereocenters. The summed E-state index contributed by atoms with van der Waals surface area (Å²) in [7, 11) is 0. The van der Waals surface area contributed by atoms with E-state index in [1.54, 1.807) is 0 Å². The van der Waals surface area contributed by atoms with E-state index in [1.165, 1.54) is 0 Å². The Morgan fingerprint density at radius 1 is 1.18 bits per heavy atom. The Labute approximate surface area is 71.7 Å². The van der Waals surface area contributed by atoms with Crippen molar-refractivity contribution in [1.82, 2.24) is 0 Å². The molecule has 0 aliphatic heterocycles. The topological polar surface area (TPSA) is 20.2 Å². The van der Waals surface area contributed by atoms with Crippen molar-refractivity contribution in [3.05, 3.63) is 35.9 Å². The van der Waals surface area contributed by atoms with E-state index >= 15 is 0 Å². The SMILES string of the molecule is CC(C)(SO)c1ccccc1. The highest BCUT2D eigenvalue weighted by Gasteiger charge is 2.19. The third-order valence-corrected chi connectivity index (χ3v) is 2.39. The third kappa shape index (κ3) is 1.98. The summed E-state index contributed by atoms with van der Waals surface area (Å²) in [5.74, 6) is 0. The van der Waals surface area contributed by atoms with E-state index in [0.29, 0.717) is 0 Å². The van der Waals surface area contributed by atoms with Crippen LogP contribution < -0.4 is 0 Å². The molecule has 1 rings (SSSR count). The summed E-state index contributed by atoms with van der Waals surface area (Å²) in [6.45, 7) is 3.99. The van der Waals surface area contributed by atoms with Crippen LogP contribution in [0, 0.1) is 0 Å². The third-order valence-electron chi connectivity index (χ3n) is 1.70. The van der Waals surface area contributed by atoms with Gasteiger partial charge in [-0.3, -0.25) is 0 Å². The zero-order valence-electron chi connectivity index (χ0n) is 6.74. The number of rotatable bonds is 2. The quantitative estimate of drug-likeness (QED) is 0.685. The van der Waals surface area contributed by atoms with E-state index in [9.17, 15) is 0 Å². The maximum atomic E-state index is 8.96. The molecule has 0 radical (unpaired) electrons. The first-order valence-electron chi connectivity index (χ1n) is 3.55. The van der Waals surface area contributed by atoms with Crippen LogP contribution in [0.25, 0.3) is 0 Å². The van der Waals surface area contributed by atoms with E-state index in [2.05, 4.69) is 0 Å². The fourth-order valence-corrected chi connectivity index (χ4v) is 1.13. The smallest absolute Gasteiger partial charge is 0.0612 e. The molecule has 11 heavy (non-hydrogen) atoms. The minimum absolute atomic E-state index is 0.193. The second-order valence-electron chi connectivity index (χ2n) is 2.97. The zero-order chi connectivity index (χ0) is 8.32. The Balaban J connectivity index is 2.93. The molecule has 0 heterocycles. The molecule has 0 bridgehead atoms. The molecule has 1 aromatic rings. The first kappa shape index (κ1) is 8.62. The zero-order valence-corrected chi connectivity index (χ0v) is 7.56. The molecule has 0 amide bonds. The van der Waals surface area contributed by atoms with E-state index in [0.717, 1.165) is 17.6 Å². The Hall–Kier alpha value is -0.470. The lowest BCUT2D eigenvalue weighted by atomic mass is 10.0. The van der Waals surface area contributed by atoms with E-state index < -0.39 is 0 Å². The predicted molar refractivity (Wildman–Crippen MR) is 49.7 cm³/mol. The second kappa shape index (κ2) is 3.28. The highest BCUT2D eigenvalue weighted by molar-refractivity contribution is 7.94. The van der Waals surface area contributed by atoms with Crippen LogP contribution in [0.1, 0.15) is 19.4 Å². The molecule has 60 valence electrons. The van der Waals surface area contributed by atoms with Gasteiger partial charge in [0.2, 0.25) is 0 Å². The molecule has 0 aliphatic carbocycles. The standard InChI is InChI=1S/C9H12OS/c1-9(2,11-10)8-6-4-3-5-7-8/h3-7,10H,1-2H3. The number of hydrogen-bond donors (Lipinski definition) is 1. The van der Waals surface area contributed by atoms with Gasteiger partial charge in [0, 0.05) is 0 Å². The fourth-order valence-electron chi connectivity index (χ4n) is 0.892. The predicted octanol–water partition coefficient (Wildman–Crippen LogP) is 3.13. The maximum Gasteiger partial charge on any atom is 0.0612 e. The van der Waals surface area contributed by atoms with Gasteiger partial charge in [0.05, 0.1) is 4.75 Å². The van der Waals surface area contributed by atoms with Crippen LogP contribution >= 0.6 is 12.0 Å². The Bertz CT molecular complexity index is 218. The van der Waals surface area contributed by atoms with Crippen molar-refractivity contribution in [2.75, 3.05) is 0 Å². The monoisotopic (exact) mass is 168 g/mol. The van der Waals surface area contributed by atoms with Crippen LogP contribution in [0.3, 0.4) is 0 Å². The first-order chi connectivity index (χ1) is 5.17. The minimum atomic E-state index is -0.193. The van der Waals surface area contributed by atoms with Gasteiger partial charge in [0.1, 0.15) is 0 Å². The number of benzene rings is 1. The molecule has 0 fully saturated rings. The van der Waals surface area contributed by atoms with Gasteiger partial charge in [-0.25, -0.2) is 0 Å². The molecule has 0 aromatic heterocycles. The molecule has 1 aromatic carbocycles. The summed E-state index contributed by atoms with van der Waals surface area (Å²) in [4.78, 5) is 0. The normalized spacial score (nSPS) is 11.5. The number of hydrogen-bond acceptors (Lipinski definition) is 2. The minimum Gasteiger partial charge on any atom is -0.329 e. The van der Waals surface area contributed by atoms with Crippen molar-refractivity contribution in [3.8, 4) is 0 Å². The summed E-state index contributed by atoms with van der Waals surface area (Å²) < 4.78 is 8.77. The molecule has 1 N–H and O–H groups in total. The summed E-state index contributed by atoms with van der Waals surface area (Å²) >= 11 is 0.880. The maximum absolute atomic E-state index is 8.96. The van der Waals surface area contributed by atoms with Crippen LogP contribution in [0.4, 0.5) is 0 Å². The second-order valence-corrected chi connectivity index (χ2v) is 4.17. The first-order valence-corrected chi connectivity index (χ1v) is 4.32. The van der Waals surface area contributed by atoms with E-state index in [1.807, 2.05) is 44.2 Å². The highest BCUT2D eigenvalue weighted by atomic mass is 32.2. The van der Waals surface area contributed by atoms with Crippen molar-refractivity contribution >= 4 is 12.0 Å². The van der Waals surface area contributed by atoms with Crippen LogP contribution in [0.5, 0.6) is 0 Å². The Kier molecular flexibility index (Phi) is 2.58. The van der Waals surface area contributed by atoms with Crippen molar-refractivity contribution in [3.63, 3.8) is 0 Å². The Morgan fingerprint density at radius 2 is 1.73 bits per heavy atom. The molecule has 2 heteroatoms. The molecular weight excluding hydrogens is 156 g/mol. The summed E-state index contributed by atoms with van der Waals surface area (Å²) in [5.41, 5.74) is 1.15. The van der Waals surface area contributed by atoms with Crippen LogP contribution in [-0.4, -0.2) is 4.55 Å². The van der Waals surface area contributed by atoms with Gasteiger partial charge in [-0.05, 0) is 31.5 Å². The highest BCUT2D eigenvalue weighted by Crippen LogP contribution is 2.32. The average Bonchev–Trinajstić information content (AvgIpc) is 2.06. The molecule has 0 aliphatic rings. The van der Waals surface area contributed by atoms with Crippen molar-refractivity contribution in [2.24, 2.45) is 0 Å². The summed E-state index contributed by atoms with van der Waals surface area (Å²) in [5, 5.41) is 0. The van der Waals surface area contributed by atoms with Gasteiger partial charge < -0.3 is 4.55 Å². The Morgan fingerprint density at radius 3 is 2.18 bits per heavy atom. The fraction of sp³-hybridized carbons (Fsp3) is 0.333. The van der Waals surface area contributed by atoms with Crippen LogP contribution in [0.15, 0.2) is 30.3 Å². The lowest BCUT2D eigenvalue weighted by Crippen LogP contribution is -2.10. The van der Waals surface area contributed by atoms with E-state index in [4.69, 9.17) is 4.55 Å². The van der Waals surface area contributed by atoms with Crippen molar-refractivity contribution < 1.29 is 4.55 Å². The largest absolute Gasteiger partial charge is 0.329 e. The lowest BCUT2D eigenvalue weighted by molar-refractivity contribution is 0.618. The van der Waals surface area contributed by atoms with Gasteiger partial charge in [0.15, 0.2) is 0 Å². The molecule has 0 saturated carbocycles. The molecule has 0 spiro atoms. The van der Waals surface area contributed by atoms with Gasteiger partial charge in [-0.15, -0.1) is 0 Å². The van der Waals surface area contributed by atoms with Gasteiger partial charge in [0.25, 0.3) is 0 Å². The summed E-state index contributed by atoms with van der Waals surface area (Å²) in [6, 6.07) is 9.97. The van der Waals surface area contributed by atoms with Gasteiger partial charge in [-0.2, -0.15) is 0 Å². The van der Waals surface area contributed by atoms with Gasteiger partial charge >= 0.3 is 0 Å². The van der Waals surface area contributed by atoms with Crippen LogP contribution in [-0.2, 0) is 4.75 Å².